The van der Waals surface area contributed by atoms with Gasteiger partial charge in [0.15, 0.2) is 11.5 Å². The molecule has 3 rings (SSSR count). The molecule has 2 aromatic carbocycles. The van der Waals surface area contributed by atoms with Crippen molar-refractivity contribution < 1.29 is 32.6 Å². The van der Waals surface area contributed by atoms with E-state index in [1.54, 1.807) is 6.07 Å². The molecule has 0 saturated heterocycles. The lowest BCUT2D eigenvalue weighted by atomic mass is 10.1. The normalized spacial score (nSPS) is 13.0. The first-order valence-electron chi connectivity index (χ1n) is 8.38. The topological polar surface area (TPSA) is 131 Å². The molecule has 0 aromatic heterocycles. The SMILES string of the molecule is O=C(O)CCc1ccc(S(=O)(=O)NNC(=O)c2ccc3c(c2)OCCO3)cc1. The quantitative estimate of drug-likeness (QED) is 0.587. The van der Waals surface area contributed by atoms with E-state index in [1.165, 1.54) is 36.4 Å². The number of carboxylic acid groups (broad SMARTS) is 1. The van der Waals surface area contributed by atoms with Crippen molar-refractivity contribution in [3.63, 3.8) is 0 Å². The van der Waals surface area contributed by atoms with Gasteiger partial charge in [0, 0.05) is 12.0 Å². The van der Waals surface area contributed by atoms with E-state index in [0.29, 0.717) is 36.7 Å². The molecule has 1 aliphatic heterocycles. The number of hydrogen-bond donors (Lipinski definition) is 3. The lowest BCUT2D eigenvalue weighted by Crippen LogP contribution is -2.41. The fourth-order valence-corrected chi connectivity index (χ4v) is 3.36. The molecular formula is C18H18N2O7S. The van der Waals surface area contributed by atoms with Gasteiger partial charge in [-0.15, -0.1) is 4.83 Å². The van der Waals surface area contributed by atoms with Crippen molar-refractivity contribution in [2.24, 2.45) is 0 Å². The van der Waals surface area contributed by atoms with E-state index in [4.69, 9.17) is 14.6 Å². The van der Waals surface area contributed by atoms with Crippen LogP contribution in [0.15, 0.2) is 47.4 Å². The summed E-state index contributed by atoms with van der Waals surface area (Å²) in [7, 11) is -3.98. The number of sulfonamides is 1. The van der Waals surface area contributed by atoms with Gasteiger partial charge in [0.2, 0.25) is 0 Å². The zero-order valence-electron chi connectivity index (χ0n) is 14.7. The highest BCUT2D eigenvalue weighted by Crippen LogP contribution is 2.30. The summed E-state index contributed by atoms with van der Waals surface area (Å²) in [5, 5.41) is 8.68. The van der Waals surface area contributed by atoms with Gasteiger partial charge in [-0.05, 0) is 42.3 Å². The second-order valence-corrected chi connectivity index (χ2v) is 7.64. The first kappa shape index (κ1) is 19.6. The molecule has 1 aliphatic rings. The Morgan fingerprint density at radius 3 is 2.36 bits per heavy atom. The number of ether oxygens (including phenoxy) is 2. The van der Waals surface area contributed by atoms with Crippen molar-refractivity contribution in [3.05, 3.63) is 53.6 Å². The Balaban J connectivity index is 1.62. The number of hydrazine groups is 1. The zero-order chi connectivity index (χ0) is 20.1. The highest BCUT2D eigenvalue weighted by molar-refractivity contribution is 7.89. The minimum Gasteiger partial charge on any atom is -0.486 e. The summed E-state index contributed by atoms with van der Waals surface area (Å²) >= 11 is 0. The number of carboxylic acids is 1. The fraction of sp³-hybridized carbons (Fsp3) is 0.222. The number of rotatable bonds is 7. The smallest absolute Gasteiger partial charge is 0.303 e. The third-order valence-corrected chi connectivity index (χ3v) is 5.23. The van der Waals surface area contributed by atoms with E-state index in [-0.39, 0.29) is 16.9 Å². The molecule has 1 amide bonds. The maximum atomic E-state index is 12.3. The second kappa shape index (κ2) is 8.28. The number of benzene rings is 2. The number of amides is 1. The first-order valence-corrected chi connectivity index (χ1v) is 9.86. The molecular weight excluding hydrogens is 388 g/mol. The Kier molecular flexibility index (Phi) is 5.81. The van der Waals surface area contributed by atoms with Gasteiger partial charge in [-0.1, -0.05) is 12.1 Å². The van der Waals surface area contributed by atoms with Crippen LogP contribution in [0.25, 0.3) is 0 Å². The van der Waals surface area contributed by atoms with Crippen molar-refractivity contribution in [2.45, 2.75) is 17.7 Å². The third kappa shape index (κ3) is 4.78. The number of nitrogens with one attached hydrogen (secondary N) is 2. The van der Waals surface area contributed by atoms with Crippen LogP contribution in [-0.2, 0) is 21.2 Å². The minimum absolute atomic E-state index is 0.0457. The molecule has 0 spiro atoms. The molecule has 9 nitrogen and oxygen atoms in total. The first-order chi connectivity index (χ1) is 13.3. The summed E-state index contributed by atoms with van der Waals surface area (Å²) in [5.41, 5.74) is 3.05. The predicted octanol–water partition coefficient (Wildman–Crippen LogP) is 1.10. The van der Waals surface area contributed by atoms with E-state index in [0.717, 1.165) is 0 Å². The van der Waals surface area contributed by atoms with Crippen LogP contribution in [0, 0.1) is 0 Å². The summed E-state index contributed by atoms with van der Waals surface area (Å²) in [6.07, 6.45) is 0.250. The number of carbonyl (C=O) groups is 2. The van der Waals surface area contributed by atoms with Crippen LogP contribution >= 0.6 is 0 Å². The summed E-state index contributed by atoms with van der Waals surface area (Å²) < 4.78 is 35.4. The maximum absolute atomic E-state index is 12.3. The second-order valence-electron chi connectivity index (χ2n) is 5.96. The lowest BCUT2D eigenvalue weighted by Gasteiger charge is -2.18. The van der Waals surface area contributed by atoms with Crippen LogP contribution in [0.2, 0.25) is 0 Å². The molecule has 28 heavy (non-hydrogen) atoms. The summed E-state index contributed by atoms with van der Waals surface area (Å²) in [6.45, 7) is 0.792. The van der Waals surface area contributed by atoms with E-state index in [9.17, 15) is 18.0 Å². The predicted molar refractivity (Wildman–Crippen MR) is 97.6 cm³/mol. The van der Waals surface area contributed by atoms with Gasteiger partial charge in [-0.3, -0.25) is 15.0 Å². The maximum Gasteiger partial charge on any atom is 0.303 e. The molecule has 1 heterocycles. The van der Waals surface area contributed by atoms with Gasteiger partial charge >= 0.3 is 5.97 Å². The zero-order valence-corrected chi connectivity index (χ0v) is 15.5. The van der Waals surface area contributed by atoms with E-state index < -0.39 is 21.9 Å². The molecule has 0 aliphatic carbocycles. The standard InChI is InChI=1S/C18H18N2O7S/c21-17(22)8-3-12-1-5-14(6-2-12)28(24,25)20-19-18(23)13-4-7-15-16(11-13)27-10-9-26-15/h1-2,4-7,11,20H,3,8-10H2,(H,19,23)(H,21,22). The Labute approximate surface area is 161 Å². The van der Waals surface area contributed by atoms with Gasteiger partial charge in [0.1, 0.15) is 13.2 Å². The van der Waals surface area contributed by atoms with Crippen molar-refractivity contribution in [2.75, 3.05) is 13.2 Å². The van der Waals surface area contributed by atoms with Crippen LogP contribution in [0.4, 0.5) is 0 Å². The molecule has 0 radical (unpaired) electrons. The van der Waals surface area contributed by atoms with Crippen LogP contribution in [-0.4, -0.2) is 38.6 Å². The van der Waals surface area contributed by atoms with E-state index in [1.807, 2.05) is 4.83 Å². The Morgan fingerprint density at radius 1 is 1.00 bits per heavy atom. The van der Waals surface area contributed by atoms with Crippen molar-refractivity contribution in [1.82, 2.24) is 10.3 Å². The average molecular weight is 406 g/mol. The van der Waals surface area contributed by atoms with Crippen molar-refractivity contribution in [1.29, 1.82) is 0 Å². The average Bonchev–Trinajstić information content (AvgIpc) is 2.70. The van der Waals surface area contributed by atoms with Gasteiger partial charge in [0.25, 0.3) is 15.9 Å². The molecule has 0 unspecified atom stereocenters. The van der Waals surface area contributed by atoms with Gasteiger partial charge in [0.05, 0.1) is 4.90 Å². The fourth-order valence-electron chi connectivity index (χ4n) is 2.52. The Morgan fingerprint density at radius 2 is 1.68 bits per heavy atom. The van der Waals surface area contributed by atoms with Crippen molar-refractivity contribution in [3.8, 4) is 11.5 Å². The molecule has 10 heteroatoms. The van der Waals surface area contributed by atoms with Crippen LogP contribution in [0.1, 0.15) is 22.3 Å². The molecule has 0 saturated carbocycles. The van der Waals surface area contributed by atoms with E-state index >= 15 is 0 Å². The Bertz CT molecular complexity index is 987. The molecule has 0 atom stereocenters. The van der Waals surface area contributed by atoms with Crippen LogP contribution < -0.4 is 19.7 Å². The van der Waals surface area contributed by atoms with Gasteiger partial charge in [-0.2, -0.15) is 0 Å². The number of carbonyl (C=O) groups excluding carboxylic acids is 1. The summed E-state index contributed by atoms with van der Waals surface area (Å²) in [5.74, 6) is -0.649. The highest BCUT2D eigenvalue weighted by Gasteiger charge is 2.18. The number of aliphatic carboxylic acids is 1. The number of hydrogen-bond acceptors (Lipinski definition) is 6. The molecule has 148 valence electrons. The highest BCUT2D eigenvalue weighted by atomic mass is 32.2. The lowest BCUT2D eigenvalue weighted by molar-refractivity contribution is -0.136. The molecule has 2 aromatic rings. The van der Waals surface area contributed by atoms with Gasteiger partial charge in [-0.25, -0.2) is 8.42 Å². The summed E-state index contributed by atoms with van der Waals surface area (Å²) in [6, 6.07) is 10.3. The minimum atomic E-state index is -3.98. The molecule has 0 bridgehead atoms. The summed E-state index contributed by atoms with van der Waals surface area (Å²) in [4.78, 5) is 24.8. The number of fused-ring (bicyclic) bond motifs is 1. The molecule has 0 fully saturated rings. The van der Waals surface area contributed by atoms with E-state index in [2.05, 4.69) is 5.43 Å². The molecule has 3 N–H and O–H groups in total. The van der Waals surface area contributed by atoms with Crippen LogP contribution in [0.3, 0.4) is 0 Å². The van der Waals surface area contributed by atoms with Crippen LogP contribution in [0.5, 0.6) is 11.5 Å². The largest absolute Gasteiger partial charge is 0.486 e. The Hall–Kier alpha value is -3.11. The van der Waals surface area contributed by atoms with Gasteiger partial charge < -0.3 is 14.6 Å². The number of aryl methyl sites for hydroxylation is 1. The monoisotopic (exact) mass is 406 g/mol. The third-order valence-electron chi connectivity index (χ3n) is 3.96. The van der Waals surface area contributed by atoms with Crippen molar-refractivity contribution >= 4 is 21.9 Å².